The van der Waals surface area contributed by atoms with Crippen molar-refractivity contribution < 1.29 is 17.9 Å². The first-order chi connectivity index (χ1) is 16.5. The quantitative estimate of drug-likeness (QED) is 0.559. The molecule has 2 aromatic carbocycles. The molecule has 34 heavy (non-hydrogen) atoms. The summed E-state index contributed by atoms with van der Waals surface area (Å²) in [5.41, 5.74) is 3.08. The number of hydrogen-bond acceptors (Lipinski definition) is 5. The Kier molecular flexibility index (Phi) is 8.24. The number of aryl methyl sites for hydroxylation is 1. The van der Waals surface area contributed by atoms with Crippen molar-refractivity contribution >= 4 is 15.9 Å². The molecule has 2 fully saturated rings. The highest BCUT2D eigenvalue weighted by molar-refractivity contribution is 7.89. The van der Waals surface area contributed by atoms with E-state index in [1.807, 2.05) is 12.1 Å². The molecule has 0 aliphatic carbocycles. The predicted octanol–water partition coefficient (Wildman–Crippen LogP) is 3.32. The van der Waals surface area contributed by atoms with Crippen molar-refractivity contribution in [2.75, 3.05) is 33.3 Å². The van der Waals surface area contributed by atoms with Gasteiger partial charge in [0.25, 0.3) is 0 Å². The van der Waals surface area contributed by atoms with Crippen molar-refractivity contribution in [1.29, 1.82) is 0 Å². The van der Waals surface area contributed by atoms with Gasteiger partial charge in [0.1, 0.15) is 5.75 Å². The van der Waals surface area contributed by atoms with E-state index in [1.165, 1.54) is 22.7 Å². The lowest BCUT2D eigenvalue weighted by Gasteiger charge is -2.17. The maximum Gasteiger partial charge on any atom is 0.243 e. The first-order valence-electron chi connectivity index (χ1n) is 12.2. The van der Waals surface area contributed by atoms with Crippen LogP contribution in [-0.2, 0) is 34.3 Å². The van der Waals surface area contributed by atoms with Crippen LogP contribution in [0.3, 0.4) is 0 Å². The standard InChI is InChI=1S/C26H35N3O4S/c1-33-25-11-10-24(34(31,32)29-15-4-5-16-29)18-23(25)9-12-26(30)27-19-21-7-6-8-22(17-21)20-28-13-2-3-14-28/h6-8,10-11,17-18H,2-5,9,12-16,19-20H2,1H3,(H,27,30). The number of amides is 1. The SMILES string of the molecule is COc1ccc(S(=O)(=O)N2CCCC2)cc1CCC(=O)NCc1cccc(CN2CCCC2)c1. The molecule has 7 nitrogen and oxygen atoms in total. The van der Waals surface area contributed by atoms with Crippen molar-refractivity contribution in [2.45, 2.75) is 56.5 Å². The number of benzene rings is 2. The zero-order chi connectivity index (χ0) is 24.0. The molecule has 2 aliphatic heterocycles. The van der Waals surface area contributed by atoms with Crippen LogP contribution in [0.1, 0.15) is 48.8 Å². The first-order valence-corrected chi connectivity index (χ1v) is 13.6. The van der Waals surface area contributed by atoms with Crippen LogP contribution in [0, 0.1) is 0 Å². The van der Waals surface area contributed by atoms with E-state index in [2.05, 4.69) is 22.3 Å². The van der Waals surface area contributed by atoms with Gasteiger partial charge >= 0.3 is 0 Å². The van der Waals surface area contributed by atoms with E-state index in [-0.39, 0.29) is 17.2 Å². The molecular weight excluding hydrogens is 450 g/mol. The second-order valence-electron chi connectivity index (χ2n) is 9.16. The number of nitrogens with zero attached hydrogens (tertiary/aromatic N) is 2. The van der Waals surface area contributed by atoms with Crippen LogP contribution >= 0.6 is 0 Å². The zero-order valence-electron chi connectivity index (χ0n) is 20.0. The Labute approximate surface area is 203 Å². The fourth-order valence-corrected chi connectivity index (χ4v) is 6.33. The van der Waals surface area contributed by atoms with Crippen LogP contribution in [-0.4, -0.2) is 56.8 Å². The Balaban J connectivity index is 1.33. The minimum atomic E-state index is -3.51. The number of hydrogen-bond donors (Lipinski definition) is 1. The molecule has 0 unspecified atom stereocenters. The van der Waals surface area contributed by atoms with Crippen molar-refractivity contribution in [3.05, 3.63) is 59.2 Å². The minimum absolute atomic E-state index is 0.0696. The molecule has 2 heterocycles. The van der Waals surface area contributed by atoms with Crippen LogP contribution in [0.4, 0.5) is 0 Å². The second-order valence-corrected chi connectivity index (χ2v) is 11.1. The predicted molar refractivity (Wildman–Crippen MR) is 132 cm³/mol. The fourth-order valence-electron chi connectivity index (χ4n) is 4.76. The molecule has 184 valence electrons. The molecule has 2 aromatic rings. The van der Waals surface area contributed by atoms with E-state index in [0.717, 1.165) is 43.6 Å². The molecule has 0 saturated carbocycles. The number of carbonyl (C=O) groups is 1. The third kappa shape index (κ3) is 6.17. The van der Waals surface area contributed by atoms with Crippen molar-refractivity contribution in [3.8, 4) is 5.75 Å². The van der Waals surface area contributed by atoms with Gasteiger partial charge in [-0.05, 0) is 80.1 Å². The largest absolute Gasteiger partial charge is 0.496 e. The lowest BCUT2D eigenvalue weighted by molar-refractivity contribution is -0.121. The van der Waals surface area contributed by atoms with Crippen LogP contribution in [0.2, 0.25) is 0 Å². The van der Waals surface area contributed by atoms with Crippen molar-refractivity contribution in [3.63, 3.8) is 0 Å². The summed E-state index contributed by atoms with van der Waals surface area (Å²) < 4.78 is 32.8. The van der Waals surface area contributed by atoms with E-state index in [1.54, 1.807) is 25.3 Å². The Morgan fingerprint density at radius 1 is 0.971 bits per heavy atom. The maximum absolute atomic E-state index is 12.9. The summed E-state index contributed by atoms with van der Waals surface area (Å²) in [4.78, 5) is 15.3. The molecule has 1 N–H and O–H groups in total. The summed E-state index contributed by atoms with van der Waals surface area (Å²) in [6.07, 6.45) is 5.00. The molecular formula is C26H35N3O4S. The number of methoxy groups -OCH3 is 1. The van der Waals surface area contributed by atoms with E-state index in [9.17, 15) is 13.2 Å². The van der Waals surface area contributed by atoms with E-state index >= 15 is 0 Å². The lowest BCUT2D eigenvalue weighted by atomic mass is 10.1. The lowest BCUT2D eigenvalue weighted by Crippen LogP contribution is -2.28. The molecule has 0 aromatic heterocycles. The average Bonchev–Trinajstić information content (AvgIpc) is 3.56. The van der Waals surface area contributed by atoms with Crippen molar-refractivity contribution in [1.82, 2.24) is 14.5 Å². The normalized spacial score (nSPS) is 17.2. The second kappa shape index (κ2) is 11.3. The molecule has 0 radical (unpaired) electrons. The highest BCUT2D eigenvalue weighted by atomic mass is 32.2. The maximum atomic E-state index is 12.9. The smallest absolute Gasteiger partial charge is 0.243 e. The highest BCUT2D eigenvalue weighted by Gasteiger charge is 2.27. The summed E-state index contributed by atoms with van der Waals surface area (Å²) >= 11 is 0. The van der Waals surface area contributed by atoms with Gasteiger partial charge in [0, 0.05) is 32.6 Å². The highest BCUT2D eigenvalue weighted by Crippen LogP contribution is 2.27. The third-order valence-electron chi connectivity index (χ3n) is 6.66. The number of sulfonamides is 1. The molecule has 0 atom stereocenters. The van der Waals surface area contributed by atoms with Gasteiger partial charge in [0.15, 0.2) is 0 Å². The number of nitrogens with one attached hydrogen (secondary N) is 1. The van der Waals surface area contributed by atoms with Gasteiger partial charge in [-0.15, -0.1) is 0 Å². The van der Waals surface area contributed by atoms with Gasteiger partial charge in [-0.1, -0.05) is 24.3 Å². The average molecular weight is 486 g/mol. The molecule has 2 aliphatic rings. The van der Waals surface area contributed by atoms with E-state index in [0.29, 0.717) is 31.8 Å². The Hall–Kier alpha value is -2.42. The Bertz CT molecular complexity index is 1090. The van der Waals surface area contributed by atoms with Gasteiger partial charge < -0.3 is 10.1 Å². The van der Waals surface area contributed by atoms with Crippen molar-refractivity contribution in [2.24, 2.45) is 0 Å². The Morgan fingerprint density at radius 2 is 1.68 bits per heavy atom. The minimum Gasteiger partial charge on any atom is -0.496 e. The topological polar surface area (TPSA) is 79.0 Å². The van der Waals surface area contributed by atoms with Crippen LogP contribution < -0.4 is 10.1 Å². The molecule has 4 rings (SSSR count). The molecule has 2 saturated heterocycles. The van der Waals surface area contributed by atoms with Gasteiger partial charge in [-0.3, -0.25) is 9.69 Å². The zero-order valence-corrected chi connectivity index (χ0v) is 20.8. The summed E-state index contributed by atoms with van der Waals surface area (Å²) in [6.45, 7) is 4.87. The van der Waals surface area contributed by atoms with E-state index < -0.39 is 10.0 Å². The summed E-state index contributed by atoms with van der Waals surface area (Å²) in [6, 6.07) is 13.3. The fraction of sp³-hybridized carbons (Fsp3) is 0.500. The number of ether oxygens (including phenoxy) is 1. The van der Waals surface area contributed by atoms with Crippen LogP contribution in [0.5, 0.6) is 5.75 Å². The van der Waals surface area contributed by atoms with Gasteiger partial charge in [-0.2, -0.15) is 4.31 Å². The van der Waals surface area contributed by atoms with Crippen LogP contribution in [0.25, 0.3) is 0 Å². The van der Waals surface area contributed by atoms with Gasteiger partial charge in [0.2, 0.25) is 15.9 Å². The molecule has 0 bridgehead atoms. The first kappa shape index (κ1) is 24.7. The molecule has 1 amide bonds. The molecule has 0 spiro atoms. The van der Waals surface area contributed by atoms with E-state index in [4.69, 9.17) is 4.74 Å². The molecule has 8 heteroatoms. The monoisotopic (exact) mass is 485 g/mol. The number of rotatable bonds is 10. The Morgan fingerprint density at radius 3 is 2.41 bits per heavy atom. The summed E-state index contributed by atoms with van der Waals surface area (Å²) in [7, 11) is -1.95. The number of likely N-dealkylation sites (tertiary alicyclic amines) is 1. The van der Waals surface area contributed by atoms with Gasteiger partial charge in [-0.25, -0.2) is 8.42 Å². The summed E-state index contributed by atoms with van der Waals surface area (Å²) in [5.74, 6) is 0.530. The number of carbonyl (C=O) groups excluding carboxylic acids is 1. The van der Waals surface area contributed by atoms with Crippen LogP contribution in [0.15, 0.2) is 47.4 Å². The van der Waals surface area contributed by atoms with Gasteiger partial charge in [0.05, 0.1) is 12.0 Å². The summed E-state index contributed by atoms with van der Waals surface area (Å²) in [5, 5.41) is 3.00. The third-order valence-corrected chi connectivity index (χ3v) is 8.56.